The zero-order chi connectivity index (χ0) is 19.9. The molecule has 0 saturated carbocycles. The minimum Gasteiger partial charge on any atom is -0.497 e. The average Bonchev–Trinajstić information content (AvgIpc) is 3.08. The van der Waals surface area contributed by atoms with E-state index in [1.54, 1.807) is 48.0 Å². The van der Waals surface area contributed by atoms with E-state index in [0.717, 1.165) is 17.2 Å². The van der Waals surface area contributed by atoms with Crippen LogP contribution in [-0.4, -0.2) is 48.1 Å². The molecule has 2 aromatic rings. The lowest BCUT2D eigenvalue weighted by molar-refractivity contribution is -0.130. The van der Waals surface area contributed by atoms with E-state index in [4.69, 9.17) is 19.2 Å². The maximum absolute atomic E-state index is 12.8. The monoisotopic (exact) mass is 400 g/mol. The highest BCUT2D eigenvalue weighted by Gasteiger charge is 2.32. The quantitative estimate of drug-likeness (QED) is 0.700. The molecule has 1 saturated heterocycles. The smallest absolute Gasteiger partial charge is 0.266 e. The molecule has 0 aliphatic carbocycles. The summed E-state index contributed by atoms with van der Waals surface area (Å²) >= 11 is 1.56. The van der Waals surface area contributed by atoms with E-state index in [9.17, 15) is 4.79 Å². The normalized spacial score (nSPS) is 17.6. The maximum Gasteiger partial charge on any atom is 0.266 e. The standard InChI is InChI=1S/C21H24N2O4S/c1-4-26-19-8-6-5-7-18(19)22-21-23(15(2)14-28-21)20(24)13-27-17-11-9-16(25-3)10-12-17/h5-12,15H,4,13-14H2,1-3H3/t15-/m1/s1. The minimum atomic E-state index is -0.124. The molecule has 6 nitrogen and oxygen atoms in total. The number of benzene rings is 2. The van der Waals surface area contributed by atoms with E-state index in [-0.39, 0.29) is 18.6 Å². The number of amidine groups is 1. The van der Waals surface area contributed by atoms with Crippen molar-refractivity contribution in [3.8, 4) is 17.2 Å². The Morgan fingerprint density at radius 3 is 2.57 bits per heavy atom. The lowest BCUT2D eigenvalue weighted by Gasteiger charge is -2.21. The highest BCUT2D eigenvalue weighted by molar-refractivity contribution is 8.14. The van der Waals surface area contributed by atoms with Crippen molar-refractivity contribution >= 4 is 28.5 Å². The van der Waals surface area contributed by atoms with Crippen molar-refractivity contribution in [2.75, 3.05) is 26.1 Å². The number of aliphatic imine (C=N–C) groups is 1. The maximum atomic E-state index is 12.8. The van der Waals surface area contributed by atoms with Crippen molar-refractivity contribution < 1.29 is 19.0 Å². The van der Waals surface area contributed by atoms with Crippen LogP contribution in [0, 0.1) is 0 Å². The molecular weight excluding hydrogens is 376 g/mol. The number of carbonyl (C=O) groups is 1. The summed E-state index contributed by atoms with van der Waals surface area (Å²) in [5, 5.41) is 0.669. The van der Waals surface area contributed by atoms with E-state index < -0.39 is 0 Å². The molecule has 0 radical (unpaired) electrons. The highest BCUT2D eigenvalue weighted by atomic mass is 32.2. The predicted octanol–water partition coefficient (Wildman–Crippen LogP) is 4.12. The predicted molar refractivity (Wildman–Crippen MR) is 112 cm³/mol. The van der Waals surface area contributed by atoms with Gasteiger partial charge in [-0.1, -0.05) is 23.9 Å². The average molecular weight is 401 g/mol. The van der Waals surface area contributed by atoms with Gasteiger partial charge in [-0.05, 0) is 50.2 Å². The number of hydrogen-bond acceptors (Lipinski definition) is 6. The van der Waals surface area contributed by atoms with Crippen LogP contribution in [0.15, 0.2) is 53.5 Å². The van der Waals surface area contributed by atoms with Crippen LogP contribution in [0.5, 0.6) is 17.2 Å². The Bertz CT molecular complexity index is 839. The van der Waals surface area contributed by atoms with Gasteiger partial charge in [0.15, 0.2) is 11.8 Å². The highest BCUT2D eigenvalue weighted by Crippen LogP contribution is 2.32. The van der Waals surface area contributed by atoms with Crippen molar-refractivity contribution in [2.45, 2.75) is 19.9 Å². The van der Waals surface area contributed by atoms with Crippen molar-refractivity contribution in [3.63, 3.8) is 0 Å². The van der Waals surface area contributed by atoms with Gasteiger partial charge in [-0.15, -0.1) is 0 Å². The van der Waals surface area contributed by atoms with Gasteiger partial charge in [-0.25, -0.2) is 4.99 Å². The zero-order valence-electron chi connectivity index (χ0n) is 16.3. The lowest BCUT2D eigenvalue weighted by Crippen LogP contribution is -2.40. The summed E-state index contributed by atoms with van der Waals surface area (Å²) in [6, 6.07) is 14.8. The number of ether oxygens (including phenoxy) is 3. The van der Waals surface area contributed by atoms with Crippen molar-refractivity contribution in [3.05, 3.63) is 48.5 Å². The van der Waals surface area contributed by atoms with Crippen LogP contribution in [-0.2, 0) is 4.79 Å². The lowest BCUT2D eigenvalue weighted by atomic mass is 10.3. The first-order valence-corrected chi connectivity index (χ1v) is 10.1. The molecule has 1 aliphatic heterocycles. The number of amides is 1. The van der Waals surface area contributed by atoms with Crippen LogP contribution in [0.4, 0.5) is 5.69 Å². The molecule has 2 aromatic carbocycles. The number of para-hydroxylation sites is 2. The minimum absolute atomic E-state index is 0.0509. The molecular formula is C21H24N2O4S. The van der Waals surface area contributed by atoms with Crippen LogP contribution < -0.4 is 14.2 Å². The van der Waals surface area contributed by atoms with Gasteiger partial charge in [0.25, 0.3) is 5.91 Å². The number of nitrogens with zero attached hydrogens (tertiary/aromatic N) is 2. The second-order valence-electron chi connectivity index (χ2n) is 6.18. The molecule has 0 N–H and O–H groups in total. The molecule has 0 spiro atoms. The third-order valence-electron chi connectivity index (χ3n) is 4.17. The fourth-order valence-corrected chi connectivity index (χ4v) is 3.91. The van der Waals surface area contributed by atoms with E-state index in [1.807, 2.05) is 38.1 Å². The van der Waals surface area contributed by atoms with Gasteiger partial charge in [0.2, 0.25) is 0 Å². The van der Waals surface area contributed by atoms with Crippen molar-refractivity contribution in [1.82, 2.24) is 4.90 Å². The molecule has 1 fully saturated rings. The topological polar surface area (TPSA) is 60.4 Å². The van der Waals surface area contributed by atoms with Gasteiger partial charge < -0.3 is 14.2 Å². The fourth-order valence-electron chi connectivity index (χ4n) is 2.78. The Kier molecular flexibility index (Phi) is 6.81. The first-order valence-electron chi connectivity index (χ1n) is 9.14. The van der Waals surface area contributed by atoms with Crippen molar-refractivity contribution in [1.29, 1.82) is 0 Å². The van der Waals surface area contributed by atoms with Crippen LogP contribution >= 0.6 is 11.8 Å². The fraction of sp³-hybridized carbons (Fsp3) is 0.333. The molecule has 0 unspecified atom stereocenters. The Labute approximate surface area is 169 Å². The van der Waals surface area contributed by atoms with Gasteiger partial charge in [0.1, 0.15) is 22.9 Å². The third kappa shape index (κ3) is 4.78. The molecule has 1 amide bonds. The van der Waals surface area contributed by atoms with E-state index >= 15 is 0 Å². The van der Waals surface area contributed by atoms with Crippen molar-refractivity contribution in [2.24, 2.45) is 4.99 Å². The molecule has 28 heavy (non-hydrogen) atoms. The Balaban J connectivity index is 1.72. The number of thioether (sulfide) groups is 1. The second-order valence-corrected chi connectivity index (χ2v) is 7.17. The summed E-state index contributed by atoms with van der Waals surface area (Å²) in [6.45, 7) is 4.45. The van der Waals surface area contributed by atoms with E-state index in [2.05, 4.69) is 0 Å². The molecule has 1 heterocycles. The summed E-state index contributed by atoms with van der Waals surface area (Å²) in [6.07, 6.45) is 0. The number of carbonyl (C=O) groups excluding carboxylic acids is 1. The van der Waals surface area contributed by atoms with Gasteiger partial charge >= 0.3 is 0 Å². The molecule has 1 aliphatic rings. The SMILES string of the molecule is CCOc1ccccc1N=C1SC[C@@H](C)N1C(=O)COc1ccc(OC)cc1. The first-order chi connectivity index (χ1) is 13.6. The van der Waals surface area contributed by atoms with Gasteiger partial charge in [-0.2, -0.15) is 0 Å². The summed E-state index contributed by atoms with van der Waals surface area (Å²) in [5.41, 5.74) is 0.717. The Hall–Kier alpha value is -2.67. The number of methoxy groups -OCH3 is 1. The summed E-state index contributed by atoms with van der Waals surface area (Å²) < 4.78 is 16.4. The van der Waals surface area contributed by atoms with Gasteiger partial charge in [0.05, 0.1) is 13.7 Å². The molecule has 148 valence electrons. The third-order valence-corrected chi connectivity index (χ3v) is 5.37. The first kappa shape index (κ1) is 20.1. The van der Waals surface area contributed by atoms with E-state index in [1.165, 1.54) is 0 Å². The van der Waals surface area contributed by atoms with Gasteiger partial charge in [0, 0.05) is 11.8 Å². The number of hydrogen-bond donors (Lipinski definition) is 0. The molecule has 1 atom stereocenters. The summed E-state index contributed by atoms with van der Waals surface area (Å²) in [7, 11) is 1.61. The number of rotatable bonds is 7. The molecule has 0 aromatic heterocycles. The van der Waals surface area contributed by atoms with Crippen LogP contribution in [0.3, 0.4) is 0 Å². The van der Waals surface area contributed by atoms with E-state index in [0.29, 0.717) is 23.3 Å². The van der Waals surface area contributed by atoms with Gasteiger partial charge in [-0.3, -0.25) is 9.69 Å². The Morgan fingerprint density at radius 1 is 1.14 bits per heavy atom. The molecule has 7 heteroatoms. The second kappa shape index (κ2) is 9.50. The largest absolute Gasteiger partial charge is 0.497 e. The van der Waals surface area contributed by atoms with Crippen LogP contribution in [0.2, 0.25) is 0 Å². The van der Waals surface area contributed by atoms with Crippen LogP contribution in [0.1, 0.15) is 13.8 Å². The molecule has 0 bridgehead atoms. The molecule has 3 rings (SSSR count). The zero-order valence-corrected chi connectivity index (χ0v) is 17.1. The summed E-state index contributed by atoms with van der Waals surface area (Å²) in [4.78, 5) is 19.2. The Morgan fingerprint density at radius 2 is 1.86 bits per heavy atom. The summed E-state index contributed by atoms with van der Waals surface area (Å²) in [5.74, 6) is 2.74. The van der Waals surface area contributed by atoms with Crippen LogP contribution in [0.25, 0.3) is 0 Å².